The lowest BCUT2D eigenvalue weighted by Crippen LogP contribution is -2.33. The molecule has 0 heterocycles. The van der Waals surface area contributed by atoms with Gasteiger partial charge in [-0.05, 0) is 42.5 Å². The molecule has 19 heavy (non-hydrogen) atoms. The molecule has 0 fully saturated rings. The molecule has 0 spiro atoms. The van der Waals surface area contributed by atoms with Crippen molar-refractivity contribution in [2.75, 3.05) is 20.3 Å². The van der Waals surface area contributed by atoms with E-state index in [1.54, 1.807) is 0 Å². The average Bonchev–Trinajstić information content (AvgIpc) is 2.89. The van der Waals surface area contributed by atoms with E-state index in [-0.39, 0.29) is 19.1 Å². The SMILES string of the molecule is COC(=O)CNC(=O)COc1ccc2c(c1)CCC2. The molecule has 102 valence electrons. The van der Waals surface area contributed by atoms with Gasteiger partial charge >= 0.3 is 5.97 Å². The maximum Gasteiger partial charge on any atom is 0.325 e. The predicted octanol–water partition coefficient (Wildman–Crippen LogP) is 0.843. The highest BCUT2D eigenvalue weighted by Crippen LogP contribution is 2.25. The Morgan fingerprint density at radius 3 is 2.84 bits per heavy atom. The fourth-order valence-electron chi connectivity index (χ4n) is 2.08. The van der Waals surface area contributed by atoms with Gasteiger partial charge in [-0.15, -0.1) is 0 Å². The number of hydrogen-bond donors (Lipinski definition) is 1. The molecule has 0 aliphatic heterocycles. The van der Waals surface area contributed by atoms with Crippen molar-refractivity contribution in [3.05, 3.63) is 29.3 Å². The third kappa shape index (κ3) is 3.71. The monoisotopic (exact) mass is 263 g/mol. The van der Waals surface area contributed by atoms with E-state index >= 15 is 0 Å². The standard InChI is InChI=1S/C14H17NO4/c1-18-14(17)8-15-13(16)9-19-12-6-5-10-3-2-4-11(10)7-12/h5-7H,2-4,8-9H2,1H3,(H,15,16). The molecule has 1 aromatic carbocycles. The summed E-state index contributed by atoms with van der Waals surface area (Å²) >= 11 is 0. The van der Waals surface area contributed by atoms with Gasteiger partial charge in [-0.3, -0.25) is 9.59 Å². The molecule has 0 unspecified atom stereocenters. The molecular weight excluding hydrogens is 246 g/mol. The van der Waals surface area contributed by atoms with E-state index < -0.39 is 5.97 Å². The van der Waals surface area contributed by atoms with Gasteiger partial charge in [0.15, 0.2) is 6.61 Å². The number of carbonyl (C=O) groups excluding carboxylic acids is 2. The highest BCUT2D eigenvalue weighted by atomic mass is 16.5. The van der Waals surface area contributed by atoms with E-state index in [1.807, 2.05) is 18.2 Å². The van der Waals surface area contributed by atoms with E-state index in [9.17, 15) is 9.59 Å². The fraction of sp³-hybridized carbons (Fsp3) is 0.429. The number of aryl methyl sites for hydroxylation is 2. The van der Waals surface area contributed by atoms with E-state index in [2.05, 4.69) is 10.1 Å². The van der Waals surface area contributed by atoms with Crippen LogP contribution in [0.2, 0.25) is 0 Å². The molecule has 0 bridgehead atoms. The zero-order chi connectivity index (χ0) is 13.7. The molecule has 1 aliphatic carbocycles. The normalized spacial score (nSPS) is 12.7. The van der Waals surface area contributed by atoms with Crippen molar-refractivity contribution in [3.63, 3.8) is 0 Å². The number of benzene rings is 1. The topological polar surface area (TPSA) is 64.6 Å². The molecule has 5 nitrogen and oxygen atoms in total. The first kappa shape index (κ1) is 13.4. The lowest BCUT2D eigenvalue weighted by Gasteiger charge is -2.08. The summed E-state index contributed by atoms with van der Waals surface area (Å²) in [5.74, 6) is -0.134. The van der Waals surface area contributed by atoms with Crippen molar-refractivity contribution >= 4 is 11.9 Å². The van der Waals surface area contributed by atoms with Gasteiger partial charge in [0.25, 0.3) is 5.91 Å². The van der Waals surface area contributed by atoms with Crippen LogP contribution >= 0.6 is 0 Å². The minimum absolute atomic E-state index is 0.101. The highest BCUT2D eigenvalue weighted by molar-refractivity contribution is 5.82. The van der Waals surface area contributed by atoms with Gasteiger partial charge in [0.2, 0.25) is 0 Å². The Morgan fingerprint density at radius 1 is 1.26 bits per heavy atom. The van der Waals surface area contributed by atoms with Crippen molar-refractivity contribution in [1.29, 1.82) is 0 Å². The number of esters is 1. The lowest BCUT2D eigenvalue weighted by molar-refractivity contribution is -0.141. The molecule has 5 heteroatoms. The van der Waals surface area contributed by atoms with Crippen LogP contribution in [0.4, 0.5) is 0 Å². The molecule has 1 amide bonds. The maximum absolute atomic E-state index is 11.4. The number of rotatable bonds is 5. The number of methoxy groups -OCH3 is 1. The number of fused-ring (bicyclic) bond motifs is 1. The number of carbonyl (C=O) groups is 2. The summed E-state index contributed by atoms with van der Waals surface area (Å²) in [7, 11) is 1.27. The molecule has 2 rings (SSSR count). The molecule has 0 saturated carbocycles. The molecule has 1 N–H and O–H groups in total. The summed E-state index contributed by atoms with van der Waals surface area (Å²) in [4.78, 5) is 22.3. The smallest absolute Gasteiger partial charge is 0.325 e. The Hall–Kier alpha value is -2.04. The van der Waals surface area contributed by atoms with Crippen LogP contribution in [0.25, 0.3) is 0 Å². The first-order valence-electron chi connectivity index (χ1n) is 6.27. The van der Waals surface area contributed by atoms with Gasteiger partial charge in [0, 0.05) is 0 Å². The van der Waals surface area contributed by atoms with Crippen molar-refractivity contribution in [1.82, 2.24) is 5.32 Å². The van der Waals surface area contributed by atoms with Crippen molar-refractivity contribution < 1.29 is 19.1 Å². The zero-order valence-corrected chi connectivity index (χ0v) is 10.9. The summed E-state index contributed by atoms with van der Waals surface area (Å²) in [6, 6.07) is 5.90. The minimum Gasteiger partial charge on any atom is -0.484 e. The van der Waals surface area contributed by atoms with Crippen LogP contribution in [0, 0.1) is 0 Å². The molecule has 0 aromatic heterocycles. The van der Waals surface area contributed by atoms with E-state index in [1.165, 1.54) is 24.7 Å². The van der Waals surface area contributed by atoms with Gasteiger partial charge in [0.1, 0.15) is 12.3 Å². The predicted molar refractivity (Wildman–Crippen MR) is 69.0 cm³/mol. The zero-order valence-electron chi connectivity index (χ0n) is 10.9. The van der Waals surface area contributed by atoms with E-state index in [4.69, 9.17) is 4.74 Å². The van der Waals surface area contributed by atoms with Gasteiger partial charge in [-0.25, -0.2) is 0 Å². The average molecular weight is 263 g/mol. The van der Waals surface area contributed by atoms with Gasteiger partial charge < -0.3 is 14.8 Å². The number of amides is 1. The van der Waals surface area contributed by atoms with Gasteiger partial charge in [-0.2, -0.15) is 0 Å². The Kier molecular flexibility index (Phi) is 4.39. The van der Waals surface area contributed by atoms with E-state index in [0.717, 1.165) is 12.8 Å². The van der Waals surface area contributed by atoms with Crippen LogP contribution in [-0.2, 0) is 27.2 Å². The summed E-state index contributed by atoms with van der Waals surface area (Å²) in [5.41, 5.74) is 2.66. The molecule has 0 saturated heterocycles. The van der Waals surface area contributed by atoms with Crippen LogP contribution in [-0.4, -0.2) is 32.1 Å². The molecule has 1 aliphatic rings. The minimum atomic E-state index is -0.481. The Morgan fingerprint density at radius 2 is 2.05 bits per heavy atom. The maximum atomic E-state index is 11.4. The molecule has 0 atom stereocenters. The fourth-order valence-corrected chi connectivity index (χ4v) is 2.08. The summed E-state index contributed by atoms with van der Waals surface area (Å²) in [5, 5.41) is 2.42. The second-order valence-electron chi connectivity index (χ2n) is 4.43. The first-order valence-corrected chi connectivity index (χ1v) is 6.27. The van der Waals surface area contributed by atoms with Crippen molar-refractivity contribution in [2.45, 2.75) is 19.3 Å². The Balaban J connectivity index is 1.79. The quantitative estimate of drug-likeness (QED) is 0.800. The van der Waals surface area contributed by atoms with Crippen LogP contribution < -0.4 is 10.1 Å². The summed E-state index contributed by atoms with van der Waals surface area (Å²) in [6.07, 6.45) is 3.37. The largest absolute Gasteiger partial charge is 0.484 e. The van der Waals surface area contributed by atoms with Gasteiger partial charge in [0.05, 0.1) is 7.11 Å². The number of ether oxygens (including phenoxy) is 2. The van der Waals surface area contributed by atoms with Crippen molar-refractivity contribution in [3.8, 4) is 5.75 Å². The molecule has 0 radical (unpaired) electrons. The number of hydrogen-bond acceptors (Lipinski definition) is 4. The highest BCUT2D eigenvalue weighted by Gasteiger charge is 2.12. The molecular formula is C14H17NO4. The third-order valence-corrected chi connectivity index (χ3v) is 3.10. The third-order valence-electron chi connectivity index (χ3n) is 3.10. The second kappa shape index (κ2) is 6.22. The van der Waals surface area contributed by atoms with Crippen LogP contribution in [0.5, 0.6) is 5.75 Å². The van der Waals surface area contributed by atoms with Crippen LogP contribution in [0.1, 0.15) is 17.5 Å². The Labute approximate surface area is 111 Å². The number of nitrogens with one attached hydrogen (secondary N) is 1. The first-order chi connectivity index (χ1) is 9.19. The second-order valence-corrected chi connectivity index (χ2v) is 4.43. The molecule has 1 aromatic rings. The van der Waals surface area contributed by atoms with Crippen LogP contribution in [0.15, 0.2) is 18.2 Å². The van der Waals surface area contributed by atoms with Crippen molar-refractivity contribution in [2.24, 2.45) is 0 Å². The Bertz CT molecular complexity index is 484. The van der Waals surface area contributed by atoms with E-state index in [0.29, 0.717) is 5.75 Å². The summed E-state index contributed by atoms with van der Waals surface area (Å²) in [6.45, 7) is -0.237. The lowest BCUT2D eigenvalue weighted by atomic mass is 10.1. The van der Waals surface area contributed by atoms with Gasteiger partial charge in [-0.1, -0.05) is 6.07 Å². The van der Waals surface area contributed by atoms with Crippen LogP contribution in [0.3, 0.4) is 0 Å². The summed E-state index contributed by atoms with van der Waals surface area (Å²) < 4.78 is 9.81.